The molecule has 1 atom stereocenters. The Kier molecular flexibility index (Phi) is 5.58. The van der Waals surface area contributed by atoms with Crippen LogP contribution in [0.2, 0.25) is 5.02 Å². The van der Waals surface area contributed by atoms with Crippen molar-refractivity contribution in [2.45, 2.75) is 44.0 Å². The number of hydrogen-bond acceptors (Lipinski definition) is 3. The highest BCUT2D eigenvalue weighted by Crippen LogP contribution is 2.42. The van der Waals surface area contributed by atoms with E-state index in [1.165, 1.54) is 0 Å². The Bertz CT molecular complexity index is 505. The van der Waals surface area contributed by atoms with Crippen LogP contribution in [0.4, 0.5) is 0 Å². The number of carbonyl (C=O) groups is 1. The van der Waals surface area contributed by atoms with Gasteiger partial charge in [0.25, 0.3) is 0 Å². The average molecular weight is 328 g/mol. The summed E-state index contributed by atoms with van der Waals surface area (Å²) in [5.74, 6) is 0.818. The molecule has 116 valence electrons. The Morgan fingerprint density at radius 2 is 2.14 bits per heavy atom. The van der Waals surface area contributed by atoms with Crippen LogP contribution in [0.5, 0.6) is 0 Å². The molecule has 21 heavy (non-hydrogen) atoms. The molecule has 2 N–H and O–H groups in total. The van der Waals surface area contributed by atoms with Crippen LogP contribution in [0.15, 0.2) is 24.3 Å². The van der Waals surface area contributed by atoms with Crippen LogP contribution in [0.1, 0.15) is 32.3 Å². The van der Waals surface area contributed by atoms with E-state index in [4.69, 9.17) is 11.6 Å². The van der Waals surface area contributed by atoms with Crippen molar-refractivity contribution in [1.29, 1.82) is 0 Å². The minimum atomic E-state index is -0.805. The standard InChI is InChI=1S/C16H22ClNO2S/c1-11(2)18-16(15(19)20,13-7-8-13)10-21-9-12-5-3-4-6-14(12)17/h3-6,11,13,18H,7-10H2,1-2H3,(H,19,20). The van der Waals surface area contributed by atoms with E-state index in [1.807, 2.05) is 38.1 Å². The summed E-state index contributed by atoms with van der Waals surface area (Å²) in [6, 6.07) is 7.88. The molecule has 0 heterocycles. The Labute approximate surface area is 135 Å². The van der Waals surface area contributed by atoms with E-state index in [0.29, 0.717) is 5.75 Å². The van der Waals surface area contributed by atoms with Gasteiger partial charge in [-0.1, -0.05) is 29.8 Å². The molecule has 0 spiro atoms. The molecule has 1 aliphatic rings. The van der Waals surface area contributed by atoms with Crippen LogP contribution in [-0.2, 0) is 10.5 Å². The molecule has 1 unspecified atom stereocenters. The summed E-state index contributed by atoms with van der Waals surface area (Å²) in [6.45, 7) is 4.00. The Morgan fingerprint density at radius 3 is 2.67 bits per heavy atom. The van der Waals surface area contributed by atoms with E-state index < -0.39 is 11.5 Å². The van der Waals surface area contributed by atoms with E-state index in [-0.39, 0.29) is 12.0 Å². The molecular weight excluding hydrogens is 306 g/mol. The number of nitrogens with one attached hydrogen (secondary N) is 1. The van der Waals surface area contributed by atoms with Gasteiger partial charge in [0.1, 0.15) is 5.54 Å². The van der Waals surface area contributed by atoms with Crippen LogP contribution < -0.4 is 5.32 Å². The first-order chi connectivity index (χ1) is 9.95. The van der Waals surface area contributed by atoms with Crippen LogP contribution in [0.25, 0.3) is 0 Å². The molecule has 1 aliphatic carbocycles. The third-order valence-electron chi connectivity index (χ3n) is 3.75. The molecule has 0 radical (unpaired) electrons. The molecule has 2 rings (SSSR count). The summed E-state index contributed by atoms with van der Waals surface area (Å²) >= 11 is 7.79. The van der Waals surface area contributed by atoms with Gasteiger partial charge in [0.15, 0.2) is 0 Å². The summed E-state index contributed by atoms with van der Waals surface area (Å²) in [5, 5.41) is 13.8. The smallest absolute Gasteiger partial charge is 0.325 e. The monoisotopic (exact) mass is 327 g/mol. The number of thioether (sulfide) groups is 1. The van der Waals surface area contributed by atoms with Crippen molar-refractivity contribution >= 4 is 29.3 Å². The number of carboxylic acids is 1. The van der Waals surface area contributed by atoms with Gasteiger partial charge < -0.3 is 5.11 Å². The predicted octanol–water partition coefficient (Wildman–Crippen LogP) is 3.80. The molecule has 1 aromatic carbocycles. The zero-order chi connectivity index (χ0) is 15.5. The zero-order valence-electron chi connectivity index (χ0n) is 12.4. The fourth-order valence-electron chi connectivity index (χ4n) is 2.60. The summed E-state index contributed by atoms with van der Waals surface area (Å²) in [7, 11) is 0. The molecule has 3 nitrogen and oxygen atoms in total. The molecular formula is C16H22ClNO2S. The van der Waals surface area contributed by atoms with E-state index in [2.05, 4.69) is 5.32 Å². The van der Waals surface area contributed by atoms with Crippen molar-refractivity contribution in [1.82, 2.24) is 5.32 Å². The molecule has 0 saturated heterocycles. The van der Waals surface area contributed by atoms with Crippen LogP contribution in [0, 0.1) is 5.92 Å². The fraction of sp³-hybridized carbons (Fsp3) is 0.562. The highest BCUT2D eigenvalue weighted by molar-refractivity contribution is 7.98. The van der Waals surface area contributed by atoms with Crippen molar-refractivity contribution < 1.29 is 9.90 Å². The van der Waals surface area contributed by atoms with E-state index in [1.54, 1.807) is 11.8 Å². The first-order valence-electron chi connectivity index (χ1n) is 7.28. The molecule has 0 aromatic heterocycles. The predicted molar refractivity (Wildman–Crippen MR) is 89.0 cm³/mol. The van der Waals surface area contributed by atoms with Gasteiger partial charge in [-0.3, -0.25) is 10.1 Å². The lowest BCUT2D eigenvalue weighted by atomic mass is 9.94. The maximum Gasteiger partial charge on any atom is 0.325 e. The summed E-state index contributed by atoms with van der Waals surface area (Å²) in [4.78, 5) is 11.8. The van der Waals surface area contributed by atoms with Gasteiger partial charge in [0.2, 0.25) is 0 Å². The van der Waals surface area contributed by atoms with Crippen LogP contribution in [0.3, 0.4) is 0 Å². The lowest BCUT2D eigenvalue weighted by Gasteiger charge is -2.32. The topological polar surface area (TPSA) is 49.3 Å². The number of carboxylic acid groups (broad SMARTS) is 1. The molecule has 1 saturated carbocycles. The van der Waals surface area contributed by atoms with Gasteiger partial charge >= 0.3 is 5.97 Å². The van der Waals surface area contributed by atoms with Gasteiger partial charge in [-0.15, -0.1) is 0 Å². The number of aliphatic carboxylic acids is 1. The quantitative estimate of drug-likeness (QED) is 0.762. The summed E-state index contributed by atoms with van der Waals surface area (Å²) in [5.41, 5.74) is 0.254. The average Bonchev–Trinajstić information content (AvgIpc) is 3.23. The molecule has 0 aliphatic heterocycles. The van der Waals surface area contributed by atoms with Crippen LogP contribution in [-0.4, -0.2) is 28.4 Å². The second-order valence-corrected chi connectivity index (χ2v) is 7.33. The van der Waals surface area contributed by atoms with Gasteiger partial charge in [0.05, 0.1) is 0 Å². The number of benzene rings is 1. The molecule has 1 aromatic rings. The molecule has 0 bridgehead atoms. The summed E-state index contributed by atoms with van der Waals surface area (Å²) < 4.78 is 0. The maximum absolute atomic E-state index is 11.8. The van der Waals surface area contributed by atoms with Gasteiger partial charge in [-0.2, -0.15) is 11.8 Å². The minimum Gasteiger partial charge on any atom is -0.480 e. The first kappa shape index (κ1) is 16.7. The third kappa shape index (κ3) is 4.15. The number of hydrogen-bond donors (Lipinski definition) is 2. The van der Waals surface area contributed by atoms with Crippen LogP contribution >= 0.6 is 23.4 Å². The zero-order valence-corrected chi connectivity index (χ0v) is 14.0. The van der Waals surface area contributed by atoms with Crippen molar-refractivity contribution in [2.75, 3.05) is 5.75 Å². The van der Waals surface area contributed by atoms with Crippen molar-refractivity contribution in [3.05, 3.63) is 34.9 Å². The molecule has 1 fully saturated rings. The van der Waals surface area contributed by atoms with E-state index in [0.717, 1.165) is 29.2 Å². The highest BCUT2D eigenvalue weighted by atomic mass is 35.5. The lowest BCUT2D eigenvalue weighted by molar-refractivity contribution is -0.145. The van der Waals surface area contributed by atoms with E-state index in [9.17, 15) is 9.90 Å². The lowest BCUT2D eigenvalue weighted by Crippen LogP contribution is -2.58. The van der Waals surface area contributed by atoms with Crippen molar-refractivity contribution in [2.24, 2.45) is 5.92 Å². The van der Waals surface area contributed by atoms with E-state index >= 15 is 0 Å². The molecule has 5 heteroatoms. The van der Waals surface area contributed by atoms with Gasteiger partial charge in [0, 0.05) is 22.6 Å². The molecule has 0 amide bonds. The maximum atomic E-state index is 11.8. The van der Waals surface area contributed by atoms with Gasteiger partial charge in [-0.05, 0) is 44.2 Å². The summed E-state index contributed by atoms with van der Waals surface area (Å²) in [6.07, 6.45) is 2.00. The second-order valence-electron chi connectivity index (χ2n) is 5.93. The van der Waals surface area contributed by atoms with Crippen molar-refractivity contribution in [3.63, 3.8) is 0 Å². The number of rotatable bonds is 8. The van der Waals surface area contributed by atoms with Gasteiger partial charge in [-0.25, -0.2) is 0 Å². The largest absolute Gasteiger partial charge is 0.480 e. The third-order valence-corrected chi connectivity index (χ3v) is 5.29. The Balaban J connectivity index is 2.02. The fourth-order valence-corrected chi connectivity index (χ4v) is 4.22. The minimum absolute atomic E-state index is 0.155. The van der Waals surface area contributed by atoms with Crippen molar-refractivity contribution in [3.8, 4) is 0 Å². The normalized spacial score (nSPS) is 17.7. The Hall–Kier alpha value is -0.710. The first-order valence-corrected chi connectivity index (χ1v) is 8.81. The second kappa shape index (κ2) is 7.03. The Morgan fingerprint density at radius 1 is 1.48 bits per heavy atom. The number of halogens is 1. The highest BCUT2D eigenvalue weighted by Gasteiger charge is 2.51. The SMILES string of the molecule is CC(C)NC(CSCc1ccccc1Cl)(C(=O)O)C1CC1.